The van der Waals surface area contributed by atoms with Gasteiger partial charge >= 0.3 is 11.9 Å². The fraction of sp³-hybridized carbons (Fsp3) is 0.712. The van der Waals surface area contributed by atoms with E-state index in [9.17, 15) is 15.0 Å². The van der Waals surface area contributed by atoms with Gasteiger partial charge in [-0.05, 0) is 144 Å². The van der Waals surface area contributed by atoms with E-state index < -0.39 is 74.6 Å². The molecule has 5 saturated heterocycles. The predicted octanol–water partition coefficient (Wildman–Crippen LogP) is 7.04. The number of epoxide rings is 1. The van der Waals surface area contributed by atoms with E-state index in [0.29, 0.717) is 62.2 Å². The van der Waals surface area contributed by atoms with Crippen molar-refractivity contribution >= 4 is 17.7 Å². The molecular weight excluding hydrogens is 897 g/mol. The Morgan fingerprint density at radius 3 is 2.61 bits per heavy atom. The van der Waals surface area contributed by atoms with Gasteiger partial charge in [0.1, 0.15) is 24.1 Å². The lowest BCUT2D eigenvalue weighted by Gasteiger charge is -2.72. The quantitative estimate of drug-likeness (QED) is 0.148. The highest BCUT2D eigenvalue weighted by Gasteiger charge is 2.95. The van der Waals surface area contributed by atoms with Gasteiger partial charge in [-0.3, -0.25) is 14.9 Å². The third-order valence-electron chi connectivity index (χ3n) is 22.8. The van der Waals surface area contributed by atoms with Crippen molar-refractivity contribution in [1.29, 1.82) is 0 Å². The Morgan fingerprint density at radius 1 is 0.958 bits per heavy atom. The first-order chi connectivity index (χ1) is 34.3. The van der Waals surface area contributed by atoms with Gasteiger partial charge in [0, 0.05) is 53.3 Å². The molecule has 7 heterocycles. The number of Topliss-reactive ketones (excluding diaryl/α,β-unsaturated/α-hetero) is 1. The molecule has 6 aliphatic heterocycles. The lowest BCUT2D eigenvalue weighted by molar-refractivity contribution is -0.301. The minimum absolute atomic E-state index is 0.00348. The summed E-state index contributed by atoms with van der Waals surface area (Å²) < 4.78 is 34.9. The summed E-state index contributed by atoms with van der Waals surface area (Å²) in [6.45, 7) is 8.08. The third-order valence-corrected chi connectivity index (χ3v) is 22.8. The standard InChI is InChI=1S/C59H72N2O10/c1-53(2)47-46(63)48(64)58-42-27-35(26-34-10-5-4-6-11-34)13-14-36(42)12-9-22-57(41-19-25-67-44(41)29-39(31-62)37-15-16-40-38(28-37)18-24-61-33-60-30-43(40)61)54(3,59(58)49(69-59)50(65)70-57)23-17-45(58)56(47)32-68-52(66)55(51(56)71-53)20-7-8-21-55/h4-6,10-11,18-19,24-25,35-40,42-43,45,47-49,51,60,62,64H,7-8,13-17,20-23,26-33H2,1-3H3/t35-,36-,37-,38+,39+,40-,42-,43-,45+,47+,48+,49+,51-,54-,56+,57-,58-,59+/m0/s1. The maximum Gasteiger partial charge on any atom is 0.339 e. The Kier molecular flexibility index (Phi) is 9.98. The molecule has 5 saturated carbocycles. The second-order valence-electron chi connectivity index (χ2n) is 25.6. The fourth-order valence-electron chi connectivity index (χ4n) is 20.2. The van der Waals surface area contributed by atoms with Gasteiger partial charge in [0.25, 0.3) is 0 Å². The van der Waals surface area contributed by atoms with Gasteiger partial charge in [-0.2, -0.15) is 0 Å². The van der Waals surface area contributed by atoms with Crippen LogP contribution in [0.25, 0.3) is 0 Å². The van der Waals surface area contributed by atoms with Crippen LogP contribution in [0.15, 0.2) is 59.4 Å². The molecule has 0 amide bonds. The summed E-state index contributed by atoms with van der Waals surface area (Å²) in [5.74, 6) is 6.91. The van der Waals surface area contributed by atoms with Gasteiger partial charge in [0.2, 0.25) is 0 Å². The number of ether oxygens (including phenoxy) is 4. The average Bonchev–Trinajstić information content (AvgIpc) is 3.83. The first-order valence-corrected chi connectivity index (χ1v) is 27.6. The number of fused-ring (bicyclic) bond motifs is 5. The summed E-state index contributed by atoms with van der Waals surface area (Å²) in [4.78, 5) is 48.5. The van der Waals surface area contributed by atoms with E-state index in [0.717, 1.165) is 70.1 Å². The fourth-order valence-corrected chi connectivity index (χ4v) is 20.2. The molecule has 0 unspecified atom stereocenters. The molecule has 2 aromatic rings. The van der Waals surface area contributed by atoms with Gasteiger partial charge in [0.05, 0.1) is 42.4 Å². The van der Waals surface area contributed by atoms with E-state index in [4.69, 9.17) is 23.4 Å². The highest BCUT2D eigenvalue weighted by molar-refractivity contribution is 5.93. The molecule has 1 aromatic carbocycles. The Morgan fingerprint density at radius 2 is 1.79 bits per heavy atom. The van der Waals surface area contributed by atoms with Crippen LogP contribution in [-0.4, -0.2) is 94.8 Å². The molecule has 3 N–H and O–H groups in total. The van der Waals surface area contributed by atoms with Crippen molar-refractivity contribution in [2.24, 2.45) is 74.9 Å². The first kappa shape index (κ1) is 45.6. The van der Waals surface area contributed by atoms with E-state index in [1.807, 2.05) is 26.0 Å². The van der Waals surface area contributed by atoms with Gasteiger partial charge in [-0.25, -0.2) is 4.79 Å². The summed E-state index contributed by atoms with van der Waals surface area (Å²) in [7, 11) is 0. The van der Waals surface area contributed by atoms with Crippen LogP contribution in [0.1, 0.15) is 121 Å². The molecule has 71 heavy (non-hydrogen) atoms. The monoisotopic (exact) mass is 969 g/mol. The summed E-state index contributed by atoms with van der Waals surface area (Å²) in [5.41, 5.74) is -5.98. The summed E-state index contributed by atoms with van der Waals surface area (Å²) in [6.07, 6.45) is 14.3. The molecule has 12 heteroatoms. The average molecular weight is 969 g/mol. The number of hydrogen-bond acceptors (Lipinski definition) is 12. The Labute approximate surface area is 417 Å². The zero-order valence-electron chi connectivity index (χ0n) is 41.7. The number of nitrogens with one attached hydrogen (secondary N) is 1. The van der Waals surface area contributed by atoms with Crippen molar-refractivity contribution in [3.05, 3.63) is 71.8 Å². The van der Waals surface area contributed by atoms with Gasteiger partial charge in [0.15, 0.2) is 17.5 Å². The van der Waals surface area contributed by atoms with Crippen molar-refractivity contribution < 1.29 is 48.0 Å². The molecule has 6 aliphatic carbocycles. The van der Waals surface area contributed by atoms with Crippen LogP contribution in [0.5, 0.6) is 0 Å². The zero-order valence-corrected chi connectivity index (χ0v) is 41.7. The van der Waals surface area contributed by atoms with Gasteiger partial charge < -0.3 is 38.5 Å². The van der Waals surface area contributed by atoms with Crippen LogP contribution >= 0.6 is 0 Å². The van der Waals surface area contributed by atoms with Crippen molar-refractivity contribution in [2.75, 3.05) is 26.4 Å². The first-order valence-electron chi connectivity index (χ1n) is 27.6. The largest absolute Gasteiger partial charge is 0.469 e. The number of allylic oxidation sites excluding steroid dienone is 1. The number of ketones is 1. The molecule has 1 aromatic heterocycles. The molecule has 12 nitrogen and oxygen atoms in total. The summed E-state index contributed by atoms with van der Waals surface area (Å²) >= 11 is 0. The number of benzene rings is 1. The van der Waals surface area contributed by atoms with E-state index in [1.165, 1.54) is 5.56 Å². The Balaban J connectivity index is 0.924. The third kappa shape index (κ3) is 5.64. The number of rotatable bonds is 7. The number of hydrogen-bond donors (Lipinski definition) is 3. The van der Waals surface area contributed by atoms with Gasteiger partial charge in [-0.1, -0.05) is 68.0 Å². The number of cyclic esters (lactones) is 1. The predicted molar refractivity (Wildman–Crippen MR) is 258 cm³/mol. The number of esters is 2. The number of nitrogens with zero attached hydrogens (tertiary/aromatic N) is 1. The highest BCUT2D eigenvalue weighted by atomic mass is 16.7. The SMILES string of the molecule is CC1(C)O[C@H]2C3(CCCC3)C(=O)OC[C@@]23[C@@H]1C(=O)[C@@H](O)[C@]12[C@@H]3CC[C@]3(C)[C@@]14O[C@@H]4C(=O)O[C@]3(c1ccoc1C[C@H](CO)[C@H]1CC[C@H]3[C@H](C=CN4CNC[C@@H]34)C1)CC#C[C@H]1CC[C@@H](Cc3ccccc3)C[C@@H]12. The summed E-state index contributed by atoms with van der Waals surface area (Å²) in [5, 5.41) is 28.8. The highest BCUT2D eigenvalue weighted by Crippen LogP contribution is 2.85. The van der Waals surface area contributed by atoms with Crippen molar-refractivity contribution in [2.45, 2.75) is 158 Å². The molecule has 18 atom stereocenters. The molecule has 10 fully saturated rings. The Hall–Kier alpha value is -3.99. The smallest absolute Gasteiger partial charge is 0.339 e. The number of aliphatic hydroxyl groups excluding tert-OH is 2. The number of furan rings is 1. The van der Waals surface area contributed by atoms with Crippen LogP contribution < -0.4 is 5.32 Å². The van der Waals surface area contributed by atoms with Crippen LogP contribution in [0, 0.1) is 86.8 Å². The van der Waals surface area contributed by atoms with Crippen LogP contribution in [0.3, 0.4) is 0 Å². The van der Waals surface area contributed by atoms with Crippen LogP contribution in [0.4, 0.5) is 0 Å². The normalized spacial score (nSPS) is 47.3. The molecule has 4 bridgehead atoms. The minimum atomic E-state index is -1.52. The molecule has 0 radical (unpaired) electrons. The van der Waals surface area contributed by atoms with Gasteiger partial charge in [-0.15, -0.1) is 0 Å². The lowest BCUT2D eigenvalue weighted by atomic mass is 9.30. The van der Waals surface area contributed by atoms with Crippen molar-refractivity contribution in [3.63, 3.8) is 0 Å². The van der Waals surface area contributed by atoms with E-state index in [1.54, 1.807) is 6.26 Å². The molecule has 4 spiro atoms. The molecule has 12 aliphatic rings. The van der Waals surface area contributed by atoms with Crippen molar-refractivity contribution in [1.82, 2.24) is 10.2 Å². The second-order valence-corrected chi connectivity index (χ2v) is 25.6. The zero-order chi connectivity index (χ0) is 48.5. The van der Waals surface area contributed by atoms with E-state index in [-0.39, 0.29) is 61.0 Å². The van der Waals surface area contributed by atoms with E-state index >= 15 is 9.59 Å². The molecule has 14 rings (SSSR count). The number of aliphatic hydroxyl groups is 2. The minimum Gasteiger partial charge on any atom is -0.469 e. The van der Waals surface area contributed by atoms with Crippen molar-refractivity contribution in [3.8, 4) is 11.8 Å². The molecular formula is C59H72N2O10. The Bertz CT molecular complexity index is 2630. The lowest BCUT2D eigenvalue weighted by Crippen LogP contribution is -2.81. The number of carbonyl (C=O) groups is 3. The number of carbonyl (C=O) groups excluding carboxylic acids is 3. The molecule has 378 valence electrons. The summed E-state index contributed by atoms with van der Waals surface area (Å²) in [6, 6.07) is 13.1. The maximum absolute atomic E-state index is 16.2. The van der Waals surface area contributed by atoms with E-state index in [2.05, 4.69) is 65.5 Å². The second kappa shape index (κ2) is 15.5. The van der Waals surface area contributed by atoms with Crippen LogP contribution in [-0.2, 0) is 51.8 Å². The van der Waals surface area contributed by atoms with Crippen LogP contribution in [0.2, 0.25) is 0 Å². The topological polar surface area (TPSA) is 160 Å². The maximum atomic E-state index is 16.2.